The predicted molar refractivity (Wildman–Crippen MR) is 62.2 cm³/mol. The number of para-hydroxylation sites is 1. The van der Waals surface area contributed by atoms with Crippen molar-refractivity contribution in [2.45, 2.75) is 6.54 Å². The maximum absolute atomic E-state index is 11.0. The Kier molecular flexibility index (Phi) is 3.13. The summed E-state index contributed by atoms with van der Waals surface area (Å²) in [4.78, 5) is 25.5. The van der Waals surface area contributed by atoms with Crippen molar-refractivity contribution in [3.63, 3.8) is 0 Å². The van der Waals surface area contributed by atoms with E-state index in [4.69, 9.17) is 10.8 Å². The minimum atomic E-state index is -1.03. The molecule has 0 radical (unpaired) electrons. The van der Waals surface area contributed by atoms with Crippen molar-refractivity contribution in [1.29, 1.82) is 0 Å². The van der Waals surface area contributed by atoms with Crippen molar-refractivity contribution in [3.05, 3.63) is 30.1 Å². The van der Waals surface area contributed by atoms with E-state index in [2.05, 4.69) is 9.72 Å². The van der Waals surface area contributed by atoms with Gasteiger partial charge in [-0.1, -0.05) is 6.07 Å². The third kappa shape index (κ3) is 2.24. The van der Waals surface area contributed by atoms with Gasteiger partial charge in [-0.2, -0.15) is 0 Å². The lowest BCUT2D eigenvalue weighted by Crippen LogP contribution is -2.16. The molecule has 18 heavy (non-hydrogen) atoms. The molecule has 0 aliphatic carbocycles. The fourth-order valence-corrected chi connectivity index (χ4v) is 1.68. The number of rotatable bonds is 4. The summed E-state index contributed by atoms with van der Waals surface area (Å²) in [5, 5.41) is 9.01. The van der Waals surface area contributed by atoms with Crippen LogP contribution in [0.5, 0.6) is 0 Å². The molecule has 0 unspecified atom stereocenters. The topological polar surface area (TPSA) is 107 Å². The molecule has 0 saturated heterocycles. The van der Waals surface area contributed by atoms with Crippen LogP contribution < -0.4 is 5.73 Å². The van der Waals surface area contributed by atoms with E-state index < -0.39 is 12.1 Å². The molecular formula is C11H11N3O4. The molecule has 0 bridgehead atoms. The smallest absolute Gasteiger partial charge is 0.404 e. The molecule has 1 amide bonds. The summed E-state index contributed by atoms with van der Waals surface area (Å²) in [5.41, 5.74) is 6.06. The van der Waals surface area contributed by atoms with Crippen LogP contribution in [0.1, 0.15) is 10.4 Å². The highest BCUT2D eigenvalue weighted by atomic mass is 16.5. The molecule has 3 N–H and O–H groups in total. The third-order valence-electron chi connectivity index (χ3n) is 2.46. The number of ether oxygens (including phenoxy) is 1. The number of carboxylic acid groups (broad SMARTS) is 1. The van der Waals surface area contributed by atoms with E-state index in [0.29, 0.717) is 17.6 Å². The Morgan fingerprint density at radius 3 is 2.89 bits per heavy atom. The standard InChI is InChI=1S/C11H11N3O4/c12-11(17)18-5-4-14-6-13-9-7(10(15)16)2-1-3-8(9)14/h1-3,6H,4-5H2,(H2,12,17)(H,15,16). The van der Waals surface area contributed by atoms with E-state index in [1.54, 1.807) is 16.7 Å². The van der Waals surface area contributed by atoms with Gasteiger partial charge in [-0.15, -0.1) is 0 Å². The van der Waals surface area contributed by atoms with Crippen molar-refractivity contribution >= 4 is 23.1 Å². The molecule has 2 aromatic rings. The van der Waals surface area contributed by atoms with Crippen molar-refractivity contribution in [2.75, 3.05) is 6.61 Å². The summed E-state index contributed by atoms with van der Waals surface area (Å²) < 4.78 is 6.31. The van der Waals surface area contributed by atoms with Gasteiger partial charge in [-0.3, -0.25) is 0 Å². The second kappa shape index (κ2) is 4.74. The average molecular weight is 249 g/mol. The number of carbonyl (C=O) groups is 2. The van der Waals surface area contributed by atoms with Gasteiger partial charge in [-0.05, 0) is 12.1 Å². The van der Waals surface area contributed by atoms with E-state index >= 15 is 0 Å². The Morgan fingerprint density at radius 1 is 1.44 bits per heavy atom. The van der Waals surface area contributed by atoms with Crippen LogP contribution in [-0.2, 0) is 11.3 Å². The highest BCUT2D eigenvalue weighted by Crippen LogP contribution is 2.17. The molecule has 0 spiro atoms. The lowest BCUT2D eigenvalue weighted by molar-refractivity contribution is 0.0698. The molecule has 1 aromatic carbocycles. The molecule has 0 saturated carbocycles. The summed E-state index contributed by atoms with van der Waals surface area (Å²) in [6.45, 7) is 0.473. The molecule has 94 valence electrons. The first-order valence-corrected chi connectivity index (χ1v) is 5.19. The Labute approximate surface area is 102 Å². The quantitative estimate of drug-likeness (QED) is 0.834. The SMILES string of the molecule is NC(=O)OCCn1cnc2c(C(=O)O)cccc21. The summed E-state index contributed by atoms with van der Waals surface area (Å²) in [6.07, 6.45) is 0.659. The van der Waals surface area contributed by atoms with Gasteiger partial charge in [0.15, 0.2) is 0 Å². The van der Waals surface area contributed by atoms with E-state index in [1.165, 1.54) is 12.4 Å². The Bertz CT molecular complexity index is 605. The highest BCUT2D eigenvalue weighted by molar-refractivity contribution is 6.00. The molecule has 7 heteroatoms. The van der Waals surface area contributed by atoms with Gasteiger partial charge in [0.1, 0.15) is 12.1 Å². The lowest BCUT2D eigenvalue weighted by Gasteiger charge is -2.04. The Hall–Kier alpha value is -2.57. The first-order chi connectivity index (χ1) is 8.59. The highest BCUT2D eigenvalue weighted by Gasteiger charge is 2.12. The molecule has 2 rings (SSSR count). The summed E-state index contributed by atoms with van der Waals surface area (Å²) in [6, 6.07) is 4.87. The zero-order chi connectivity index (χ0) is 13.1. The number of hydrogen-bond donors (Lipinski definition) is 2. The van der Waals surface area contributed by atoms with Crippen LogP contribution in [-0.4, -0.2) is 33.3 Å². The zero-order valence-corrected chi connectivity index (χ0v) is 9.37. The van der Waals surface area contributed by atoms with E-state index in [-0.39, 0.29) is 12.2 Å². The largest absolute Gasteiger partial charge is 0.478 e. The fraction of sp³-hybridized carbons (Fsp3) is 0.182. The number of fused-ring (bicyclic) bond motifs is 1. The van der Waals surface area contributed by atoms with E-state index in [9.17, 15) is 9.59 Å². The van der Waals surface area contributed by atoms with E-state index in [1.807, 2.05) is 0 Å². The van der Waals surface area contributed by atoms with Gasteiger partial charge in [0.2, 0.25) is 0 Å². The number of primary amides is 1. The number of hydrogen-bond acceptors (Lipinski definition) is 4. The maximum atomic E-state index is 11.0. The van der Waals surface area contributed by atoms with Gasteiger partial charge in [0.05, 0.1) is 24.0 Å². The monoisotopic (exact) mass is 249 g/mol. The number of aromatic carboxylic acids is 1. The summed E-state index contributed by atoms with van der Waals surface area (Å²) in [5.74, 6) is -1.03. The van der Waals surface area contributed by atoms with Gasteiger partial charge < -0.3 is 20.1 Å². The van der Waals surface area contributed by atoms with Crippen LogP contribution in [0.15, 0.2) is 24.5 Å². The van der Waals surface area contributed by atoms with Crippen molar-refractivity contribution < 1.29 is 19.4 Å². The number of benzene rings is 1. The van der Waals surface area contributed by atoms with Gasteiger partial charge in [-0.25, -0.2) is 14.6 Å². The number of aromatic nitrogens is 2. The molecule has 0 aliphatic heterocycles. The summed E-state index contributed by atoms with van der Waals surface area (Å²) >= 11 is 0. The van der Waals surface area contributed by atoms with Crippen LogP contribution in [0.2, 0.25) is 0 Å². The fourth-order valence-electron chi connectivity index (χ4n) is 1.68. The van der Waals surface area contributed by atoms with Crippen LogP contribution in [0.25, 0.3) is 11.0 Å². The average Bonchev–Trinajstić information content (AvgIpc) is 2.72. The molecular weight excluding hydrogens is 238 g/mol. The van der Waals surface area contributed by atoms with Gasteiger partial charge in [0, 0.05) is 0 Å². The normalized spacial score (nSPS) is 10.4. The lowest BCUT2D eigenvalue weighted by atomic mass is 10.2. The second-order valence-corrected chi connectivity index (χ2v) is 3.58. The first-order valence-electron chi connectivity index (χ1n) is 5.19. The number of nitrogens with two attached hydrogens (primary N) is 1. The zero-order valence-electron chi connectivity index (χ0n) is 9.37. The molecule has 0 atom stereocenters. The second-order valence-electron chi connectivity index (χ2n) is 3.58. The van der Waals surface area contributed by atoms with Crippen molar-refractivity contribution in [1.82, 2.24) is 9.55 Å². The van der Waals surface area contributed by atoms with Crippen LogP contribution in [0, 0.1) is 0 Å². The maximum Gasteiger partial charge on any atom is 0.404 e. The van der Waals surface area contributed by atoms with Crippen molar-refractivity contribution in [3.8, 4) is 0 Å². The van der Waals surface area contributed by atoms with Crippen LogP contribution in [0.3, 0.4) is 0 Å². The minimum Gasteiger partial charge on any atom is -0.478 e. The Morgan fingerprint density at radius 2 is 2.22 bits per heavy atom. The molecule has 0 fully saturated rings. The number of carboxylic acids is 1. The number of imidazole rings is 1. The third-order valence-corrected chi connectivity index (χ3v) is 2.46. The van der Waals surface area contributed by atoms with Crippen molar-refractivity contribution in [2.24, 2.45) is 5.73 Å². The molecule has 1 aromatic heterocycles. The first kappa shape index (κ1) is 11.9. The number of nitrogens with zero attached hydrogens (tertiary/aromatic N) is 2. The Balaban J connectivity index is 2.28. The minimum absolute atomic E-state index is 0.109. The molecule has 0 aliphatic rings. The van der Waals surface area contributed by atoms with Gasteiger partial charge >= 0.3 is 12.1 Å². The van der Waals surface area contributed by atoms with Crippen LogP contribution >= 0.6 is 0 Å². The van der Waals surface area contributed by atoms with Crippen LogP contribution in [0.4, 0.5) is 4.79 Å². The molecule has 7 nitrogen and oxygen atoms in total. The molecule has 1 heterocycles. The van der Waals surface area contributed by atoms with Gasteiger partial charge in [0.25, 0.3) is 0 Å². The van der Waals surface area contributed by atoms with E-state index in [0.717, 1.165) is 0 Å². The summed E-state index contributed by atoms with van der Waals surface area (Å²) in [7, 11) is 0. The number of carbonyl (C=O) groups excluding carboxylic acids is 1. The predicted octanol–water partition coefficient (Wildman–Crippen LogP) is 0.830. The number of amides is 1.